The van der Waals surface area contributed by atoms with Crippen molar-refractivity contribution in [2.75, 3.05) is 36.5 Å². The minimum atomic E-state index is -0.142. The van der Waals surface area contributed by atoms with Gasteiger partial charge in [-0.3, -0.25) is 4.79 Å². The second kappa shape index (κ2) is 9.26. The zero-order chi connectivity index (χ0) is 19.9. The number of hydrogen-bond acceptors (Lipinski definition) is 4. The molecule has 3 aromatic carbocycles. The number of carbonyl (C=O) groups excluding carboxylic acids is 1. The number of para-hydroxylation sites is 1. The third-order valence-electron chi connectivity index (χ3n) is 4.90. The standard InChI is InChI=1S/C24H24N2O3/c27-24(25-20-10-12-21(13-11-20)26-14-16-28-17-15-26)23-9-5-4-6-19(23)18-29-22-7-2-1-3-8-22/h1-13H,14-18H2,(H,25,27). The van der Waals surface area contributed by atoms with Gasteiger partial charge in [-0.15, -0.1) is 0 Å². The Bertz CT molecular complexity index is 936. The Kier molecular flexibility index (Phi) is 6.07. The molecular formula is C24H24N2O3. The summed E-state index contributed by atoms with van der Waals surface area (Å²) in [6.45, 7) is 3.62. The minimum absolute atomic E-state index is 0.142. The molecule has 1 aliphatic heterocycles. The van der Waals surface area contributed by atoms with E-state index in [1.807, 2.05) is 78.9 Å². The molecular weight excluding hydrogens is 364 g/mol. The summed E-state index contributed by atoms with van der Waals surface area (Å²) in [4.78, 5) is 15.1. The van der Waals surface area contributed by atoms with Crippen LogP contribution in [0.3, 0.4) is 0 Å². The van der Waals surface area contributed by atoms with Gasteiger partial charge in [0.05, 0.1) is 13.2 Å². The lowest BCUT2D eigenvalue weighted by Gasteiger charge is -2.28. The van der Waals surface area contributed by atoms with Gasteiger partial charge in [0, 0.05) is 35.6 Å². The first-order valence-electron chi connectivity index (χ1n) is 9.79. The van der Waals surface area contributed by atoms with Gasteiger partial charge in [-0.25, -0.2) is 0 Å². The van der Waals surface area contributed by atoms with Gasteiger partial charge >= 0.3 is 0 Å². The third kappa shape index (κ3) is 4.95. The smallest absolute Gasteiger partial charge is 0.256 e. The molecule has 1 heterocycles. The van der Waals surface area contributed by atoms with Crippen LogP contribution in [0.1, 0.15) is 15.9 Å². The fraction of sp³-hybridized carbons (Fsp3) is 0.208. The normalized spacial score (nSPS) is 13.7. The Morgan fingerprint density at radius 3 is 2.34 bits per heavy atom. The number of nitrogens with one attached hydrogen (secondary N) is 1. The van der Waals surface area contributed by atoms with E-state index in [2.05, 4.69) is 10.2 Å². The first-order chi connectivity index (χ1) is 14.3. The summed E-state index contributed by atoms with van der Waals surface area (Å²) in [6.07, 6.45) is 0. The molecule has 1 N–H and O–H groups in total. The second-order valence-electron chi connectivity index (χ2n) is 6.86. The summed E-state index contributed by atoms with van der Waals surface area (Å²) in [5.41, 5.74) is 3.37. The van der Waals surface area contributed by atoms with E-state index >= 15 is 0 Å². The maximum atomic E-state index is 12.8. The highest BCUT2D eigenvalue weighted by Crippen LogP contribution is 2.21. The van der Waals surface area contributed by atoms with Gasteiger partial charge in [-0.2, -0.15) is 0 Å². The fourth-order valence-corrected chi connectivity index (χ4v) is 3.32. The van der Waals surface area contributed by atoms with Crippen LogP contribution in [0, 0.1) is 0 Å². The van der Waals surface area contributed by atoms with E-state index in [0.717, 1.165) is 49.0 Å². The van der Waals surface area contributed by atoms with Gasteiger partial charge in [-0.05, 0) is 42.5 Å². The average Bonchev–Trinajstić information content (AvgIpc) is 2.80. The van der Waals surface area contributed by atoms with Crippen molar-refractivity contribution < 1.29 is 14.3 Å². The van der Waals surface area contributed by atoms with Crippen molar-refractivity contribution >= 4 is 17.3 Å². The highest BCUT2D eigenvalue weighted by molar-refractivity contribution is 6.05. The third-order valence-corrected chi connectivity index (χ3v) is 4.90. The average molecular weight is 388 g/mol. The maximum Gasteiger partial charge on any atom is 0.256 e. The summed E-state index contributed by atoms with van der Waals surface area (Å²) >= 11 is 0. The number of anilines is 2. The van der Waals surface area contributed by atoms with Crippen LogP contribution in [0.15, 0.2) is 78.9 Å². The van der Waals surface area contributed by atoms with Gasteiger partial charge in [-0.1, -0.05) is 36.4 Å². The van der Waals surface area contributed by atoms with Crippen molar-refractivity contribution in [1.29, 1.82) is 0 Å². The molecule has 0 radical (unpaired) electrons. The topological polar surface area (TPSA) is 50.8 Å². The molecule has 0 aromatic heterocycles. The molecule has 1 fully saturated rings. The Labute approximate surface area is 170 Å². The van der Waals surface area contributed by atoms with E-state index in [9.17, 15) is 4.79 Å². The van der Waals surface area contributed by atoms with E-state index < -0.39 is 0 Å². The van der Waals surface area contributed by atoms with E-state index in [1.54, 1.807) is 0 Å². The van der Waals surface area contributed by atoms with Gasteiger partial charge in [0.2, 0.25) is 0 Å². The number of ether oxygens (including phenoxy) is 2. The van der Waals surface area contributed by atoms with E-state index in [0.29, 0.717) is 12.2 Å². The highest BCUT2D eigenvalue weighted by atomic mass is 16.5. The maximum absolute atomic E-state index is 12.8. The number of carbonyl (C=O) groups is 1. The molecule has 1 amide bonds. The molecule has 0 bridgehead atoms. The minimum Gasteiger partial charge on any atom is -0.489 e. The number of benzene rings is 3. The van der Waals surface area contributed by atoms with E-state index in [-0.39, 0.29) is 5.91 Å². The number of nitrogens with zero attached hydrogens (tertiary/aromatic N) is 1. The molecule has 148 valence electrons. The van der Waals surface area contributed by atoms with Crippen LogP contribution in [0.25, 0.3) is 0 Å². The summed E-state index contributed by atoms with van der Waals surface area (Å²) < 4.78 is 11.2. The summed E-state index contributed by atoms with van der Waals surface area (Å²) in [7, 11) is 0. The predicted octanol–water partition coefficient (Wildman–Crippen LogP) is 4.35. The quantitative estimate of drug-likeness (QED) is 0.682. The van der Waals surface area contributed by atoms with Gasteiger partial charge in [0.1, 0.15) is 12.4 Å². The van der Waals surface area contributed by atoms with Crippen LogP contribution in [0.5, 0.6) is 5.75 Å². The monoisotopic (exact) mass is 388 g/mol. The van der Waals surface area contributed by atoms with Crippen LogP contribution in [-0.4, -0.2) is 32.2 Å². The molecule has 0 saturated carbocycles. The van der Waals surface area contributed by atoms with E-state index in [1.165, 1.54) is 0 Å². The van der Waals surface area contributed by atoms with Crippen molar-refractivity contribution in [1.82, 2.24) is 0 Å². The van der Waals surface area contributed by atoms with Crippen molar-refractivity contribution in [3.05, 3.63) is 90.0 Å². The predicted molar refractivity (Wildman–Crippen MR) is 115 cm³/mol. The number of amides is 1. The lowest BCUT2D eigenvalue weighted by Crippen LogP contribution is -2.36. The summed E-state index contributed by atoms with van der Waals surface area (Å²) in [5.74, 6) is 0.637. The molecule has 29 heavy (non-hydrogen) atoms. The lowest BCUT2D eigenvalue weighted by molar-refractivity contribution is 0.102. The Morgan fingerprint density at radius 1 is 0.897 bits per heavy atom. The first kappa shape index (κ1) is 19.0. The van der Waals surface area contributed by atoms with E-state index in [4.69, 9.17) is 9.47 Å². The van der Waals surface area contributed by atoms with Crippen LogP contribution in [-0.2, 0) is 11.3 Å². The second-order valence-corrected chi connectivity index (χ2v) is 6.86. The zero-order valence-corrected chi connectivity index (χ0v) is 16.2. The molecule has 1 saturated heterocycles. The van der Waals surface area contributed by atoms with Crippen LogP contribution in [0.4, 0.5) is 11.4 Å². The summed E-state index contributed by atoms with van der Waals surface area (Å²) in [5, 5.41) is 2.99. The molecule has 0 spiro atoms. The van der Waals surface area contributed by atoms with Crippen LogP contribution < -0.4 is 15.0 Å². The highest BCUT2D eigenvalue weighted by Gasteiger charge is 2.13. The largest absolute Gasteiger partial charge is 0.489 e. The molecule has 5 nitrogen and oxygen atoms in total. The van der Waals surface area contributed by atoms with Crippen molar-refractivity contribution in [2.24, 2.45) is 0 Å². The first-order valence-corrected chi connectivity index (χ1v) is 9.79. The van der Waals surface area contributed by atoms with Gasteiger partial charge in [0.15, 0.2) is 0 Å². The molecule has 3 aromatic rings. The molecule has 0 aliphatic carbocycles. The van der Waals surface area contributed by atoms with Gasteiger partial charge in [0.25, 0.3) is 5.91 Å². The Morgan fingerprint density at radius 2 is 1.59 bits per heavy atom. The van der Waals surface area contributed by atoms with Crippen molar-refractivity contribution in [3.63, 3.8) is 0 Å². The zero-order valence-electron chi connectivity index (χ0n) is 16.2. The SMILES string of the molecule is O=C(Nc1ccc(N2CCOCC2)cc1)c1ccccc1COc1ccccc1. The number of morpholine rings is 1. The van der Waals surface area contributed by atoms with Gasteiger partial charge < -0.3 is 19.7 Å². The molecule has 1 aliphatic rings. The molecule has 0 unspecified atom stereocenters. The number of rotatable bonds is 6. The molecule has 4 rings (SSSR count). The number of hydrogen-bond donors (Lipinski definition) is 1. The lowest BCUT2D eigenvalue weighted by atomic mass is 10.1. The van der Waals surface area contributed by atoms with Crippen molar-refractivity contribution in [2.45, 2.75) is 6.61 Å². The fourth-order valence-electron chi connectivity index (χ4n) is 3.32. The van der Waals surface area contributed by atoms with Crippen molar-refractivity contribution in [3.8, 4) is 5.75 Å². The Balaban J connectivity index is 1.41. The van der Waals surface area contributed by atoms with Crippen LogP contribution >= 0.6 is 0 Å². The molecule has 5 heteroatoms. The van der Waals surface area contributed by atoms with Crippen LogP contribution in [0.2, 0.25) is 0 Å². The summed E-state index contributed by atoms with van der Waals surface area (Å²) in [6, 6.07) is 25.0. The molecule has 0 atom stereocenters. The Hall–Kier alpha value is -3.31.